The Hall–Kier alpha value is -0.860. The first kappa shape index (κ1) is 14.5. The van der Waals surface area contributed by atoms with Gasteiger partial charge < -0.3 is 5.32 Å². The van der Waals surface area contributed by atoms with E-state index in [9.17, 15) is 0 Å². The van der Waals surface area contributed by atoms with Crippen molar-refractivity contribution in [2.75, 3.05) is 19.6 Å². The Balaban J connectivity index is 1.99. The van der Waals surface area contributed by atoms with Gasteiger partial charge in [0, 0.05) is 19.1 Å². The molecule has 2 heteroatoms. The maximum Gasteiger partial charge on any atom is 0.0234 e. The van der Waals surface area contributed by atoms with E-state index >= 15 is 0 Å². The van der Waals surface area contributed by atoms with E-state index in [1.165, 1.54) is 55.6 Å². The second-order valence-corrected chi connectivity index (χ2v) is 6.02. The highest BCUT2D eigenvalue weighted by molar-refractivity contribution is 5.28. The molecular weight excluding hydrogens is 232 g/mol. The summed E-state index contributed by atoms with van der Waals surface area (Å²) in [6, 6.07) is 7.60. The van der Waals surface area contributed by atoms with Gasteiger partial charge in [-0.3, -0.25) is 4.90 Å². The average molecular weight is 260 g/mol. The molecule has 106 valence electrons. The molecule has 1 fully saturated rings. The van der Waals surface area contributed by atoms with Crippen molar-refractivity contribution in [1.29, 1.82) is 0 Å². The molecule has 1 aromatic rings. The zero-order valence-corrected chi connectivity index (χ0v) is 12.7. The highest BCUT2D eigenvalue weighted by Crippen LogP contribution is 2.14. The number of hydrogen-bond donors (Lipinski definition) is 1. The molecule has 1 saturated heterocycles. The first-order valence-electron chi connectivity index (χ1n) is 7.70. The molecule has 0 aromatic heterocycles. The second kappa shape index (κ2) is 7.06. The van der Waals surface area contributed by atoms with Crippen LogP contribution in [0.5, 0.6) is 0 Å². The van der Waals surface area contributed by atoms with Crippen molar-refractivity contribution < 1.29 is 0 Å². The van der Waals surface area contributed by atoms with E-state index in [1.54, 1.807) is 0 Å². The van der Waals surface area contributed by atoms with Gasteiger partial charge in [-0.1, -0.05) is 42.7 Å². The predicted octanol–water partition coefficient (Wildman–Crippen LogP) is 3.27. The van der Waals surface area contributed by atoms with Crippen LogP contribution in [0.15, 0.2) is 18.2 Å². The Bertz CT molecular complexity index is 380. The standard InChI is InChI=1S/C17H28N2/c1-4-6-17-13-19(8-5-7-18-17)12-16-10-14(2)9-15(3)11-16/h9-11,17-18H,4-8,12-13H2,1-3H3. The molecule has 1 heterocycles. The van der Waals surface area contributed by atoms with Crippen molar-refractivity contribution >= 4 is 0 Å². The molecule has 1 atom stereocenters. The summed E-state index contributed by atoms with van der Waals surface area (Å²) in [7, 11) is 0. The van der Waals surface area contributed by atoms with Crippen molar-refractivity contribution in [1.82, 2.24) is 10.2 Å². The zero-order chi connectivity index (χ0) is 13.7. The molecule has 0 amide bonds. The third kappa shape index (κ3) is 4.63. The topological polar surface area (TPSA) is 15.3 Å². The van der Waals surface area contributed by atoms with Gasteiger partial charge in [-0.2, -0.15) is 0 Å². The molecule has 19 heavy (non-hydrogen) atoms. The molecule has 0 bridgehead atoms. The van der Waals surface area contributed by atoms with E-state index in [1.807, 2.05) is 0 Å². The molecule has 1 N–H and O–H groups in total. The maximum atomic E-state index is 3.68. The van der Waals surface area contributed by atoms with Gasteiger partial charge in [0.2, 0.25) is 0 Å². The fourth-order valence-corrected chi connectivity index (χ4v) is 3.18. The SMILES string of the molecule is CCCC1CN(Cc2cc(C)cc(C)c2)CCCN1. The molecule has 0 saturated carbocycles. The van der Waals surface area contributed by atoms with Crippen molar-refractivity contribution in [2.45, 2.75) is 52.6 Å². The van der Waals surface area contributed by atoms with E-state index in [-0.39, 0.29) is 0 Å². The largest absolute Gasteiger partial charge is 0.313 e. The van der Waals surface area contributed by atoms with Gasteiger partial charge in [0.15, 0.2) is 0 Å². The Morgan fingerprint density at radius 1 is 1.21 bits per heavy atom. The summed E-state index contributed by atoms with van der Waals surface area (Å²) in [5, 5.41) is 3.68. The summed E-state index contributed by atoms with van der Waals surface area (Å²) in [6.45, 7) is 11.4. The minimum Gasteiger partial charge on any atom is -0.313 e. The number of benzene rings is 1. The number of nitrogens with zero attached hydrogens (tertiary/aromatic N) is 1. The van der Waals surface area contributed by atoms with Gasteiger partial charge in [0.1, 0.15) is 0 Å². The van der Waals surface area contributed by atoms with Gasteiger partial charge in [-0.25, -0.2) is 0 Å². The molecule has 2 nitrogen and oxygen atoms in total. The quantitative estimate of drug-likeness (QED) is 0.894. The van der Waals surface area contributed by atoms with Crippen LogP contribution in [0.1, 0.15) is 42.9 Å². The smallest absolute Gasteiger partial charge is 0.0234 e. The van der Waals surface area contributed by atoms with E-state index in [2.05, 4.69) is 49.2 Å². The summed E-state index contributed by atoms with van der Waals surface area (Å²) < 4.78 is 0. The third-order valence-electron chi connectivity index (χ3n) is 3.89. The lowest BCUT2D eigenvalue weighted by atomic mass is 10.1. The second-order valence-electron chi connectivity index (χ2n) is 6.02. The lowest BCUT2D eigenvalue weighted by molar-refractivity contribution is 0.255. The molecular formula is C17H28N2. The van der Waals surface area contributed by atoms with Gasteiger partial charge in [-0.05, 0) is 45.3 Å². The number of aryl methyl sites for hydroxylation is 2. The first-order chi connectivity index (χ1) is 9.17. The van der Waals surface area contributed by atoms with Crippen molar-refractivity contribution in [3.63, 3.8) is 0 Å². The van der Waals surface area contributed by atoms with E-state index in [0.29, 0.717) is 6.04 Å². The van der Waals surface area contributed by atoms with Gasteiger partial charge in [0.25, 0.3) is 0 Å². The zero-order valence-electron chi connectivity index (χ0n) is 12.7. The molecule has 1 unspecified atom stereocenters. The van der Waals surface area contributed by atoms with Crippen LogP contribution >= 0.6 is 0 Å². The monoisotopic (exact) mass is 260 g/mol. The summed E-state index contributed by atoms with van der Waals surface area (Å²) in [5.74, 6) is 0. The minimum absolute atomic E-state index is 0.679. The Morgan fingerprint density at radius 2 is 1.95 bits per heavy atom. The van der Waals surface area contributed by atoms with Crippen LogP contribution < -0.4 is 5.32 Å². The summed E-state index contributed by atoms with van der Waals surface area (Å²) in [6.07, 6.45) is 3.84. The lowest BCUT2D eigenvalue weighted by Crippen LogP contribution is -2.37. The van der Waals surface area contributed by atoms with Gasteiger partial charge in [-0.15, -0.1) is 0 Å². The summed E-state index contributed by atoms with van der Waals surface area (Å²) >= 11 is 0. The van der Waals surface area contributed by atoms with Gasteiger partial charge in [0.05, 0.1) is 0 Å². The Labute approximate surface area is 118 Å². The van der Waals surface area contributed by atoms with Crippen LogP contribution in [-0.4, -0.2) is 30.6 Å². The maximum absolute atomic E-state index is 3.68. The molecule has 1 aliphatic heterocycles. The first-order valence-corrected chi connectivity index (χ1v) is 7.70. The molecule has 1 aromatic carbocycles. The van der Waals surface area contributed by atoms with Crippen LogP contribution in [0, 0.1) is 13.8 Å². The fourth-order valence-electron chi connectivity index (χ4n) is 3.18. The van der Waals surface area contributed by atoms with E-state index < -0.39 is 0 Å². The normalized spacial score (nSPS) is 21.3. The van der Waals surface area contributed by atoms with Crippen molar-refractivity contribution in [3.8, 4) is 0 Å². The number of rotatable bonds is 4. The van der Waals surface area contributed by atoms with Crippen LogP contribution in [0.3, 0.4) is 0 Å². The molecule has 0 spiro atoms. The fraction of sp³-hybridized carbons (Fsp3) is 0.647. The third-order valence-corrected chi connectivity index (χ3v) is 3.89. The Morgan fingerprint density at radius 3 is 2.63 bits per heavy atom. The molecule has 1 aliphatic rings. The van der Waals surface area contributed by atoms with Crippen molar-refractivity contribution in [3.05, 3.63) is 34.9 Å². The van der Waals surface area contributed by atoms with Crippen LogP contribution in [-0.2, 0) is 6.54 Å². The van der Waals surface area contributed by atoms with E-state index in [4.69, 9.17) is 0 Å². The van der Waals surface area contributed by atoms with Crippen LogP contribution in [0.4, 0.5) is 0 Å². The number of nitrogens with one attached hydrogen (secondary N) is 1. The molecule has 2 rings (SSSR count). The highest BCUT2D eigenvalue weighted by atomic mass is 15.2. The number of hydrogen-bond acceptors (Lipinski definition) is 2. The molecule has 0 radical (unpaired) electrons. The minimum atomic E-state index is 0.679. The van der Waals surface area contributed by atoms with E-state index in [0.717, 1.165) is 6.54 Å². The molecule has 0 aliphatic carbocycles. The summed E-state index contributed by atoms with van der Waals surface area (Å²) in [5.41, 5.74) is 4.23. The highest BCUT2D eigenvalue weighted by Gasteiger charge is 2.17. The predicted molar refractivity (Wildman–Crippen MR) is 82.5 cm³/mol. The lowest BCUT2D eigenvalue weighted by Gasteiger charge is -2.24. The van der Waals surface area contributed by atoms with Crippen LogP contribution in [0.25, 0.3) is 0 Å². The Kier molecular flexibility index (Phi) is 5.41. The average Bonchev–Trinajstić information content (AvgIpc) is 2.53. The summed E-state index contributed by atoms with van der Waals surface area (Å²) in [4.78, 5) is 2.62. The van der Waals surface area contributed by atoms with Gasteiger partial charge >= 0.3 is 0 Å². The van der Waals surface area contributed by atoms with Crippen LogP contribution in [0.2, 0.25) is 0 Å². The van der Waals surface area contributed by atoms with Crippen molar-refractivity contribution in [2.24, 2.45) is 0 Å².